The maximum absolute atomic E-state index is 11.1. The lowest BCUT2D eigenvalue weighted by atomic mass is 9.90. The summed E-state index contributed by atoms with van der Waals surface area (Å²) < 4.78 is 0. The summed E-state index contributed by atoms with van der Waals surface area (Å²) in [6.45, 7) is 2.07. The van der Waals surface area contributed by atoms with E-state index in [1.807, 2.05) is 12.1 Å². The SMILES string of the molecule is O=C(O)N1CCc2c(cc(Cl)cc2C2CCCN2)C1. The van der Waals surface area contributed by atoms with E-state index in [9.17, 15) is 4.79 Å². The molecule has 1 unspecified atom stereocenters. The van der Waals surface area contributed by atoms with E-state index < -0.39 is 6.09 Å². The average Bonchev–Trinajstić information content (AvgIpc) is 2.90. The highest BCUT2D eigenvalue weighted by Gasteiger charge is 2.26. The Kier molecular flexibility index (Phi) is 3.37. The zero-order valence-corrected chi connectivity index (χ0v) is 11.4. The number of carboxylic acid groups (broad SMARTS) is 1. The molecule has 2 aliphatic heterocycles. The number of amides is 1. The molecule has 1 aromatic rings. The van der Waals surface area contributed by atoms with Gasteiger partial charge in [-0.3, -0.25) is 0 Å². The van der Waals surface area contributed by atoms with Crippen LogP contribution < -0.4 is 5.32 Å². The van der Waals surface area contributed by atoms with Gasteiger partial charge in [-0.25, -0.2) is 4.79 Å². The van der Waals surface area contributed by atoms with Crippen molar-refractivity contribution in [3.8, 4) is 0 Å². The molecule has 3 rings (SSSR count). The number of nitrogens with one attached hydrogen (secondary N) is 1. The molecule has 0 saturated carbocycles. The Labute approximate surface area is 117 Å². The van der Waals surface area contributed by atoms with Crippen LogP contribution in [0, 0.1) is 0 Å². The highest BCUT2D eigenvalue weighted by Crippen LogP contribution is 2.33. The highest BCUT2D eigenvalue weighted by atomic mass is 35.5. The molecule has 1 amide bonds. The van der Waals surface area contributed by atoms with Crippen molar-refractivity contribution in [1.82, 2.24) is 10.2 Å². The van der Waals surface area contributed by atoms with Crippen LogP contribution in [0.1, 0.15) is 35.6 Å². The number of benzene rings is 1. The summed E-state index contributed by atoms with van der Waals surface area (Å²) in [7, 11) is 0. The normalized spacial score (nSPS) is 22.4. The summed E-state index contributed by atoms with van der Waals surface area (Å²) in [4.78, 5) is 12.5. The second-order valence-corrected chi connectivity index (χ2v) is 5.67. The summed E-state index contributed by atoms with van der Waals surface area (Å²) in [5, 5.41) is 13.3. The fourth-order valence-corrected chi connectivity index (χ4v) is 3.37. The van der Waals surface area contributed by atoms with Gasteiger partial charge in [0.15, 0.2) is 0 Å². The summed E-state index contributed by atoms with van der Waals surface area (Å²) in [6.07, 6.45) is 2.25. The lowest BCUT2D eigenvalue weighted by Crippen LogP contribution is -2.35. The van der Waals surface area contributed by atoms with Gasteiger partial charge in [0.1, 0.15) is 0 Å². The van der Waals surface area contributed by atoms with Crippen LogP contribution in [0.2, 0.25) is 5.02 Å². The monoisotopic (exact) mass is 280 g/mol. The molecule has 102 valence electrons. The van der Waals surface area contributed by atoms with E-state index in [2.05, 4.69) is 5.32 Å². The first kappa shape index (κ1) is 12.8. The van der Waals surface area contributed by atoms with E-state index in [1.165, 1.54) is 22.4 Å². The third kappa shape index (κ3) is 2.42. The molecule has 2 N–H and O–H groups in total. The van der Waals surface area contributed by atoms with Crippen LogP contribution in [-0.2, 0) is 13.0 Å². The second-order valence-electron chi connectivity index (χ2n) is 5.24. The van der Waals surface area contributed by atoms with E-state index in [1.54, 1.807) is 0 Å². The topological polar surface area (TPSA) is 52.6 Å². The van der Waals surface area contributed by atoms with Gasteiger partial charge in [0.25, 0.3) is 0 Å². The van der Waals surface area contributed by atoms with Crippen LogP contribution in [-0.4, -0.2) is 29.2 Å². The Morgan fingerprint density at radius 1 is 1.47 bits per heavy atom. The minimum absolute atomic E-state index is 0.379. The number of nitrogens with zero attached hydrogens (tertiary/aromatic N) is 1. The molecule has 19 heavy (non-hydrogen) atoms. The van der Waals surface area contributed by atoms with Gasteiger partial charge in [-0.1, -0.05) is 11.6 Å². The molecule has 5 heteroatoms. The van der Waals surface area contributed by atoms with Crippen molar-refractivity contribution in [2.24, 2.45) is 0 Å². The first-order valence-corrected chi connectivity index (χ1v) is 7.05. The van der Waals surface area contributed by atoms with Crippen LogP contribution in [0.4, 0.5) is 4.79 Å². The van der Waals surface area contributed by atoms with E-state index in [0.29, 0.717) is 24.2 Å². The fraction of sp³-hybridized carbons (Fsp3) is 0.500. The molecule has 1 saturated heterocycles. The van der Waals surface area contributed by atoms with E-state index in [4.69, 9.17) is 16.7 Å². The molecule has 2 heterocycles. The molecule has 1 fully saturated rings. The predicted octanol–water partition coefficient (Wildman–Crippen LogP) is 2.80. The molecule has 1 aromatic carbocycles. The van der Waals surface area contributed by atoms with Gasteiger partial charge in [-0.05, 0) is 54.6 Å². The van der Waals surface area contributed by atoms with Gasteiger partial charge in [0.05, 0.1) is 0 Å². The summed E-state index contributed by atoms with van der Waals surface area (Å²) in [5.41, 5.74) is 3.62. The maximum atomic E-state index is 11.1. The molecular weight excluding hydrogens is 264 g/mol. The zero-order chi connectivity index (χ0) is 13.4. The van der Waals surface area contributed by atoms with Gasteiger partial charge < -0.3 is 15.3 Å². The van der Waals surface area contributed by atoms with Crippen molar-refractivity contribution < 1.29 is 9.90 Å². The van der Waals surface area contributed by atoms with Gasteiger partial charge in [0, 0.05) is 24.2 Å². The van der Waals surface area contributed by atoms with Crippen LogP contribution in [0.25, 0.3) is 0 Å². The lowest BCUT2D eigenvalue weighted by molar-refractivity contribution is 0.140. The molecule has 2 aliphatic rings. The molecule has 0 aliphatic carbocycles. The number of carbonyl (C=O) groups is 1. The number of rotatable bonds is 1. The Balaban J connectivity index is 1.97. The third-order valence-corrected chi connectivity index (χ3v) is 4.26. The van der Waals surface area contributed by atoms with Gasteiger partial charge in [0.2, 0.25) is 0 Å². The quantitative estimate of drug-likeness (QED) is 0.832. The fourth-order valence-electron chi connectivity index (χ4n) is 3.12. The summed E-state index contributed by atoms with van der Waals surface area (Å²) in [6, 6.07) is 4.33. The van der Waals surface area contributed by atoms with Crippen molar-refractivity contribution >= 4 is 17.7 Å². The highest BCUT2D eigenvalue weighted by molar-refractivity contribution is 6.30. The number of hydrogen-bond donors (Lipinski definition) is 2. The van der Waals surface area contributed by atoms with E-state index in [-0.39, 0.29) is 0 Å². The average molecular weight is 281 g/mol. The number of halogens is 1. The van der Waals surface area contributed by atoms with Crippen molar-refractivity contribution in [3.05, 3.63) is 33.8 Å². The Bertz CT molecular complexity index is 512. The minimum Gasteiger partial charge on any atom is -0.465 e. The molecule has 4 nitrogen and oxygen atoms in total. The van der Waals surface area contributed by atoms with Crippen LogP contribution in [0.3, 0.4) is 0 Å². The van der Waals surface area contributed by atoms with Gasteiger partial charge in [-0.15, -0.1) is 0 Å². The second kappa shape index (κ2) is 5.02. The maximum Gasteiger partial charge on any atom is 0.407 e. The van der Waals surface area contributed by atoms with Crippen molar-refractivity contribution in [2.75, 3.05) is 13.1 Å². The largest absolute Gasteiger partial charge is 0.465 e. The van der Waals surface area contributed by atoms with Crippen LogP contribution in [0.5, 0.6) is 0 Å². The van der Waals surface area contributed by atoms with Crippen molar-refractivity contribution in [1.29, 1.82) is 0 Å². The first-order valence-electron chi connectivity index (χ1n) is 6.67. The number of hydrogen-bond acceptors (Lipinski definition) is 2. The zero-order valence-electron chi connectivity index (χ0n) is 10.7. The molecule has 0 aromatic heterocycles. The molecule has 1 atom stereocenters. The van der Waals surface area contributed by atoms with E-state index in [0.717, 1.165) is 24.9 Å². The van der Waals surface area contributed by atoms with Crippen molar-refractivity contribution in [2.45, 2.75) is 31.8 Å². The smallest absolute Gasteiger partial charge is 0.407 e. The Hall–Kier alpha value is -1.26. The molecule has 0 radical (unpaired) electrons. The summed E-state index contributed by atoms with van der Waals surface area (Å²) >= 11 is 6.19. The minimum atomic E-state index is -0.855. The standard InChI is InChI=1S/C14H17ClN2O2/c15-10-6-9-8-17(14(18)19)5-3-11(9)12(7-10)13-2-1-4-16-13/h6-7,13,16H,1-5,8H2,(H,18,19). The molecule has 0 spiro atoms. The lowest BCUT2D eigenvalue weighted by Gasteiger charge is -2.29. The summed E-state index contributed by atoms with van der Waals surface area (Å²) in [5.74, 6) is 0. The third-order valence-electron chi connectivity index (χ3n) is 4.04. The van der Waals surface area contributed by atoms with Crippen LogP contribution in [0.15, 0.2) is 12.1 Å². The molecular formula is C14H17ClN2O2. The van der Waals surface area contributed by atoms with Gasteiger partial charge >= 0.3 is 6.09 Å². The number of fused-ring (bicyclic) bond motifs is 1. The van der Waals surface area contributed by atoms with Crippen LogP contribution >= 0.6 is 11.6 Å². The first-order chi connectivity index (χ1) is 9.15. The van der Waals surface area contributed by atoms with E-state index >= 15 is 0 Å². The molecule has 0 bridgehead atoms. The van der Waals surface area contributed by atoms with Crippen molar-refractivity contribution in [3.63, 3.8) is 0 Å². The van der Waals surface area contributed by atoms with Gasteiger partial charge in [-0.2, -0.15) is 0 Å². The predicted molar refractivity (Wildman–Crippen MR) is 73.6 cm³/mol. The Morgan fingerprint density at radius 3 is 3.00 bits per heavy atom. The Morgan fingerprint density at radius 2 is 2.32 bits per heavy atom.